The van der Waals surface area contributed by atoms with Crippen molar-refractivity contribution in [3.63, 3.8) is 0 Å². The van der Waals surface area contributed by atoms with E-state index in [1.54, 1.807) is 24.3 Å². The van der Waals surface area contributed by atoms with Crippen molar-refractivity contribution < 1.29 is 9.18 Å². The lowest BCUT2D eigenvalue weighted by Crippen LogP contribution is -2.25. The van der Waals surface area contributed by atoms with Crippen molar-refractivity contribution in [3.8, 4) is 0 Å². The fourth-order valence-corrected chi connectivity index (χ4v) is 2.32. The van der Waals surface area contributed by atoms with Crippen molar-refractivity contribution in [2.24, 2.45) is 0 Å². The number of carbonyl (C=O) groups excluding carboxylic acids is 1. The van der Waals surface area contributed by atoms with Gasteiger partial charge in [0.2, 0.25) is 0 Å². The Bertz CT molecular complexity index is 808. The Morgan fingerprint density at radius 3 is 2.82 bits per heavy atom. The summed E-state index contributed by atoms with van der Waals surface area (Å²) >= 11 is 0. The minimum atomic E-state index is -0.254. The summed E-state index contributed by atoms with van der Waals surface area (Å²) in [4.78, 5) is 16.5. The lowest BCUT2D eigenvalue weighted by molar-refractivity contribution is 0.0954. The van der Waals surface area contributed by atoms with Crippen LogP contribution < -0.4 is 5.32 Å². The number of hydrogen-bond acceptors (Lipinski definition) is 2. The number of pyridine rings is 1. The van der Waals surface area contributed by atoms with Crippen molar-refractivity contribution in [3.05, 3.63) is 71.4 Å². The van der Waals surface area contributed by atoms with Gasteiger partial charge in [0.25, 0.3) is 5.91 Å². The molecule has 0 saturated carbocycles. The van der Waals surface area contributed by atoms with Crippen LogP contribution in [0.5, 0.6) is 0 Å². The van der Waals surface area contributed by atoms with Crippen molar-refractivity contribution in [1.29, 1.82) is 0 Å². The zero-order valence-electron chi connectivity index (χ0n) is 12.2. The van der Waals surface area contributed by atoms with E-state index in [2.05, 4.69) is 10.3 Å². The largest absolute Gasteiger partial charge is 0.352 e. The molecule has 5 heteroatoms. The van der Waals surface area contributed by atoms with Crippen LogP contribution in [0.2, 0.25) is 0 Å². The van der Waals surface area contributed by atoms with Crippen LogP contribution in [0.3, 0.4) is 0 Å². The molecule has 1 aromatic carbocycles. The standard InChI is InChI=1S/C17H16FN3O/c1-12-11-21-9-7-14(10-16(21)20-12)17(22)19-8-6-13-2-4-15(18)5-3-13/h2-5,7,9-11H,6,8H2,1H3,(H,19,22). The van der Waals surface area contributed by atoms with Gasteiger partial charge in [-0.1, -0.05) is 12.1 Å². The maximum Gasteiger partial charge on any atom is 0.251 e. The highest BCUT2D eigenvalue weighted by atomic mass is 19.1. The van der Waals surface area contributed by atoms with E-state index in [1.807, 2.05) is 23.7 Å². The van der Waals surface area contributed by atoms with Gasteiger partial charge in [-0.05, 0) is 43.2 Å². The fourth-order valence-electron chi connectivity index (χ4n) is 2.32. The van der Waals surface area contributed by atoms with Gasteiger partial charge in [0.05, 0.1) is 5.69 Å². The van der Waals surface area contributed by atoms with E-state index in [4.69, 9.17) is 0 Å². The van der Waals surface area contributed by atoms with Gasteiger partial charge < -0.3 is 9.72 Å². The molecule has 0 aliphatic rings. The summed E-state index contributed by atoms with van der Waals surface area (Å²) in [5, 5.41) is 2.86. The molecule has 0 unspecified atom stereocenters. The Morgan fingerprint density at radius 2 is 2.05 bits per heavy atom. The third kappa shape index (κ3) is 3.14. The minimum Gasteiger partial charge on any atom is -0.352 e. The van der Waals surface area contributed by atoms with Gasteiger partial charge in [-0.25, -0.2) is 9.37 Å². The molecule has 0 bridgehead atoms. The normalized spacial score (nSPS) is 10.8. The number of nitrogens with zero attached hydrogens (tertiary/aromatic N) is 2. The van der Waals surface area contributed by atoms with Crippen LogP contribution >= 0.6 is 0 Å². The van der Waals surface area contributed by atoms with E-state index in [1.165, 1.54) is 12.1 Å². The molecule has 1 N–H and O–H groups in total. The maximum atomic E-state index is 12.8. The first kappa shape index (κ1) is 14.3. The molecule has 22 heavy (non-hydrogen) atoms. The Balaban J connectivity index is 1.61. The predicted molar refractivity (Wildman–Crippen MR) is 82.4 cm³/mol. The molecule has 0 spiro atoms. The highest BCUT2D eigenvalue weighted by Gasteiger charge is 2.07. The topological polar surface area (TPSA) is 46.4 Å². The number of fused-ring (bicyclic) bond motifs is 1. The lowest BCUT2D eigenvalue weighted by atomic mass is 10.1. The van der Waals surface area contributed by atoms with Crippen molar-refractivity contribution in [2.75, 3.05) is 6.54 Å². The highest BCUT2D eigenvalue weighted by molar-refractivity contribution is 5.95. The van der Waals surface area contributed by atoms with Crippen LogP contribution in [0.15, 0.2) is 48.8 Å². The first-order chi connectivity index (χ1) is 10.6. The molecular weight excluding hydrogens is 281 g/mol. The summed E-state index contributed by atoms with van der Waals surface area (Å²) < 4.78 is 14.7. The molecular formula is C17H16FN3O. The quantitative estimate of drug-likeness (QED) is 0.805. The average Bonchev–Trinajstić information content (AvgIpc) is 2.88. The molecule has 2 heterocycles. The molecule has 112 valence electrons. The first-order valence-corrected chi connectivity index (χ1v) is 7.10. The van der Waals surface area contributed by atoms with Crippen LogP contribution in [0.4, 0.5) is 4.39 Å². The summed E-state index contributed by atoms with van der Waals surface area (Å²) in [6.45, 7) is 2.42. The number of hydrogen-bond donors (Lipinski definition) is 1. The van der Waals surface area contributed by atoms with Crippen molar-refractivity contribution >= 4 is 11.6 Å². The minimum absolute atomic E-state index is 0.134. The molecule has 2 aromatic heterocycles. The van der Waals surface area contributed by atoms with E-state index < -0.39 is 0 Å². The van der Waals surface area contributed by atoms with Crippen LogP contribution in [-0.4, -0.2) is 21.8 Å². The fraction of sp³-hybridized carbons (Fsp3) is 0.176. The highest BCUT2D eigenvalue weighted by Crippen LogP contribution is 2.08. The third-order valence-electron chi connectivity index (χ3n) is 3.46. The van der Waals surface area contributed by atoms with Crippen LogP contribution in [0, 0.1) is 12.7 Å². The SMILES string of the molecule is Cc1cn2ccc(C(=O)NCCc3ccc(F)cc3)cc2n1. The zero-order valence-corrected chi connectivity index (χ0v) is 12.2. The molecule has 0 aliphatic carbocycles. The van der Waals surface area contributed by atoms with Gasteiger partial charge in [-0.15, -0.1) is 0 Å². The van der Waals surface area contributed by atoms with Gasteiger partial charge in [0.15, 0.2) is 0 Å². The number of aryl methyl sites for hydroxylation is 1. The van der Waals surface area contributed by atoms with Gasteiger partial charge in [-0.3, -0.25) is 4.79 Å². The Labute approximate surface area is 127 Å². The van der Waals surface area contributed by atoms with Gasteiger partial charge in [0.1, 0.15) is 11.5 Å². The summed E-state index contributed by atoms with van der Waals surface area (Å²) in [5.41, 5.74) is 3.23. The molecule has 3 aromatic rings. The number of imidazole rings is 1. The number of halogens is 1. The summed E-state index contributed by atoms with van der Waals surface area (Å²) in [6.07, 6.45) is 4.40. The summed E-state index contributed by atoms with van der Waals surface area (Å²) in [7, 11) is 0. The second-order valence-corrected chi connectivity index (χ2v) is 5.20. The molecule has 0 radical (unpaired) electrons. The molecule has 1 amide bonds. The van der Waals surface area contributed by atoms with Gasteiger partial charge in [-0.2, -0.15) is 0 Å². The number of carbonyl (C=O) groups is 1. The number of rotatable bonds is 4. The average molecular weight is 297 g/mol. The molecule has 0 atom stereocenters. The van der Waals surface area contributed by atoms with E-state index in [0.717, 1.165) is 16.9 Å². The Hall–Kier alpha value is -2.69. The molecule has 0 fully saturated rings. The molecule has 0 aliphatic heterocycles. The Morgan fingerprint density at radius 1 is 1.27 bits per heavy atom. The van der Waals surface area contributed by atoms with E-state index in [9.17, 15) is 9.18 Å². The molecule has 4 nitrogen and oxygen atoms in total. The number of amides is 1. The number of aromatic nitrogens is 2. The summed E-state index contributed by atoms with van der Waals surface area (Å²) in [5.74, 6) is -0.388. The Kier molecular flexibility index (Phi) is 3.87. The smallest absolute Gasteiger partial charge is 0.251 e. The van der Waals surface area contributed by atoms with Crippen molar-refractivity contribution in [1.82, 2.24) is 14.7 Å². The summed E-state index contributed by atoms with van der Waals surface area (Å²) in [6, 6.07) is 9.82. The zero-order chi connectivity index (χ0) is 15.5. The van der Waals surface area contributed by atoms with Crippen LogP contribution in [0.25, 0.3) is 5.65 Å². The van der Waals surface area contributed by atoms with Crippen LogP contribution in [0.1, 0.15) is 21.6 Å². The second-order valence-electron chi connectivity index (χ2n) is 5.20. The lowest BCUT2D eigenvalue weighted by Gasteiger charge is -2.06. The van der Waals surface area contributed by atoms with Gasteiger partial charge in [0, 0.05) is 24.5 Å². The van der Waals surface area contributed by atoms with Crippen LogP contribution in [-0.2, 0) is 6.42 Å². The molecule has 0 saturated heterocycles. The van der Waals surface area contributed by atoms with E-state index in [0.29, 0.717) is 18.5 Å². The monoisotopic (exact) mass is 297 g/mol. The number of nitrogens with one attached hydrogen (secondary N) is 1. The maximum absolute atomic E-state index is 12.8. The van der Waals surface area contributed by atoms with E-state index >= 15 is 0 Å². The predicted octanol–water partition coefficient (Wildman–Crippen LogP) is 2.75. The second kappa shape index (κ2) is 5.97. The first-order valence-electron chi connectivity index (χ1n) is 7.10. The number of benzene rings is 1. The third-order valence-corrected chi connectivity index (χ3v) is 3.46. The molecule has 3 rings (SSSR count). The van der Waals surface area contributed by atoms with Gasteiger partial charge >= 0.3 is 0 Å². The van der Waals surface area contributed by atoms with Crippen molar-refractivity contribution in [2.45, 2.75) is 13.3 Å². The van der Waals surface area contributed by atoms with E-state index in [-0.39, 0.29) is 11.7 Å².